The first-order valence-corrected chi connectivity index (χ1v) is 6.99. The molecule has 0 amide bonds. The maximum Gasteiger partial charge on any atom is 0.223 e. The van der Waals surface area contributed by atoms with Crippen molar-refractivity contribution in [1.29, 1.82) is 0 Å². The number of anilines is 3. The summed E-state index contributed by atoms with van der Waals surface area (Å²) in [6.07, 6.45) is 3.59. The second-order valence-electron chi connectivity index (χ2n) is 5.71. The van der Waals surface area contributed by atoms with Crippen LogP contribution in [0.2, 0.25) is 0 Å². The molecule has 0 bridgehead atoms. The molecule has 1 aliphatic carbocycles. The van der Waals surface area contributed by atoms with Gasteiger partial charge in [-0.25, -0.2) is 0 Å². The highest BCUT2D eigenvalue weighted by Gasteiger charge is 2.27. The van der Waals surface area contributed by atoms with E-state index in [2.05, 4.69) is 26.8 Å². The minimum Gasteiger partial charge on any atom is -0.383 e. The number of hydrogen-bond acceptors (Lipinski definition) is 6. The first-order chi connectivity index (χ1) is 9.13. The lowest BCUT2D eigenvalue weighted by Gasteiger charge is -2.34. The molecule has 2 aliphatic rings. The molecule has 1 aromatic heterocycles. The third-order valence-electron chi connectivity index (χ3n) is 4.03. The van der Waals surface area contributed by atoms with Crippen LogP contribution in [0.5, 0.6) is 0 Å². The molecule has 104 valence electrons. The van der Waals surface area contributed by atoms with Crippen molar-refractivity contribution in [3.05, 3.63) is 5.56 Å². The normalized spacial score (nSPS) is 20.8. The van der Waals surface area contributed by atoms with Gasteiger partial charge in [0.05, 0.1) is 0 Å². The van der Waals surface area contributed by atoms with Crippen LogP contribution >= 0.6 is 0 Å². The van der Waals surface area contributed by atoms with Crippen molar-refractivity contribution >= 4 is 17.6 Å². The summed E-state index contributed by atoms with van der Waals surface area (Å²) < 4.78 is 0. The van der Waals surface area contributed by atoms with E-state index in [1.54, 1.807) is 0 Å². The van der Waals surface area contributed by atoms with E-state index in [0.717, 1.165) is 49.9 Å². The van der Waals surface area contributed by atoms with Crippen molar-refractivity contribution in [1.82, 2.24) is 14.9 Å². The highest BCUT2D eigenvalue weighted by Crippen LogP contribution is 2.37. The lowest BCUT2D eigenvalue weighted by molar-refractivity contribution is 0.312. The van der Waals surface area contributed by atoms with Crippen molar-refractivity contribution in [3.8, 4) is 0 Å². The van der Waals surface area contributed by atoms with Crippen LogP contribution in [-0.2, 0) is 6.42 Å². The molecule has 1 aromatic rings. The largest absolute Gasteiger partial charge is 0.383 e. The van der Waals surface area contributed by atoms with Gasteiger partial charge < -0.3 is 21.3 Å². The van der Waals surface area contributed by atoms with E-state index in [1.807, 2.05) is 0 Å². The van der Waals surface area contributed by atoms with Gasteiger partial charge >= 0.3 is 0 Å². The second-order valence-corrected chi connectivity index (χ2v) is 5.71. The molecule has 6 heteroatoms. The number of nitrogens with zero attached hydrogens (tertiary/aromatic N) is 4. The van der Waals surface area contributed by atoms with Crippen molar-refractivity contribution in [2.75, 3.05) is 49.6 Å². The number of likely N-dealkylation sites (N-methyl/N-ethyl adjacent to an activating group) is 1. The Labute approximate surface area is 113 Å². The molecular weight excluding hydrogens is 240 g/mol. The summed E-state index contributed by atoms with van der Waals surface area (Å²) in [5.74, 6) is 2.57. The number of hydrogen-bond donors (Lipinski definition) is 2. The van der Waals surface area contributed by atoms with Gasteiger partial charge in [-0.05, 0) is 32.2 Å². The molecule has 2 heterocycles. The smallest absolute Gasteiger partial charge is 0.223 e. The Hall–Kier alpha value is -1.56. The molecule has 1 aliphatic heterocycles. The molecule has 0 radical (unpaired) electrons. The summed E-state index contributed by atoms with van der Waals surface area (Å²) in [6.45, 7) is 4.05. The van der Waals surface area contributed by atoms with E-state index in [4.69, 9.17) is 11.5 Å². The van der Waals surface area contributed by atoms with Gasteiger partial charge in [0, 0.05) is 31.7 Å². The Morgan fingerprint density at radius 3 is 2.42 bits per heavy atom. The van der Waals surface area contributed by atoms with E-state index >= 15 is 0 Å². The Morgan fingerprint density at radius 2 is 1.79 bits per heavy atom. The number of rotatable bonds is 3. The molecule has 1 saturated carbocycles. The third kappa shape index (κ3) is 2.73. The number of nitrogens with two attached hydrogens (primary N) is 2. The second kappa shape index (κ2) is 4.85. The highest BCUT2D eigenvalue weighted by molar-refractivity contribution is 5.60. The van der Waals surface area contributed by atoms with Crippen molar-refractivity contribution in [2.45, 2.75) is 19.3 Å². The Bertz CT molecular complexity index is 462. The van der Waals surface area contributed by atoms with Gasteiger partial charge in [-0.2, -0.15) is 9.97 Å². The number of piperazine rings is 1. The van der Waals surface area contributed by atoms with Crippen molar-refractivity contribution < 1.29 is 0 Å². The maximum atomic E-state index is 6.06. The topological polar surface area (TPSA) is 84.3 Å². The fourth-order valence-corrected chi connectivity index (χ4v) is 2.59. The van der Waals surface area contributed by atoms with Gasteiger partial charge in [-0.15, -0.1) is 0 Å². The number of nitrogen functional groups attached to an aromatic ring is 2. The first kappa shape index (κ1) is 12.5. The highest BCUT2D eigenvalue weighted by atomic mass is 15.3. The van der Waals surface area contributed by atoms with Gasteiger partial charge in [0.1, 0.15) is 11.6 Å². The quantitative estimate of drug-likeness (QED) is 0.817. The van der Waals surface area contributed by atoms with E-state index in [-0.39, 0.29) is 5.95 Å². The SMILES string of the molecule is CN1CCN(c2nc(N)nc(N)c2CC2CC2)CC1. The van der Waals surface area contributed by atoms with Crippen LogP contribution < -0.4 is 16.4 Å². The molecule has 0 atom stereocenters. The standard InChI is InChI=1S/C13H22N6/c1-18-4-6-19(7-5-18)12-10(8-9-2-3-9)11(14)16-13(15)17-12/h9H,2-8H2,1H3,(H4,14,15,16,17). The van der Waals surface area contributed by atoms with Crippen LogP contribution in [0, 0.1) is 5.92 Å². The Balaban J connectivity index is 1.88. The number of aromatic nitrogens is 2. The minimum absolute atomic E-state index is 0.283. The van der Waals surface area contributed by atoms with Gasteiger partial charge in [0.15, 0.2) is 0 Å². The molecule has 3 rings (SSSR count). The zero-order valence-corrected chi connectivity index (χ0v) is 11.5. The fourth-order valence-electron chi connectivity index (χ4n) is 2.59. The van der Waals surface area contributed by atoms with Gasteiger partial charge in [-0.3, -0.25) is 0 Å². The lowest BCUT2D eigenvalue weighted by Crippen LogP contribution is -2.45. The molecule has 6 nitrogen and oxygen atoms in total. The average molecular weight is 262 g/mol. The zero-order valence-electron chi connectivity index (χ0n) is 11.5. The molecular formula is C13H22N6. The summed E-state index contributed by atoms with van der Waals surface area (Å²) in [7, 11) is 2.14. The molecule has 2 fully saturated rings. The summed E-state index contributed by atoms with van der Waals surface area (Å²) in [5.41, 5.74) is 12.9. The van der Waals surface area contributed by atoms with Gasteiger partial charge in [-0.1, -0.05) is 0 Å². The van der Waals surface area contributed by atoms with E-state index < -0.39 is 0 Å². The van der Waals surface area contributed by atoms with E-state index in [9.17, 15) is 0 Å². The van der Waals surface area contributed by atoms with E-state index in [0.29, 0.717) is 5.82 Å². The Kier molecular flexibility index (Phi) is 3.18. The predicted molar refractivity (Wildman–Crippen MR) is 77.0 cm³/mol. The predicted octanol–water partition coefficient (Wildman–Crippen LogP) is 0.345. The van der Waals surface area contributed by atoms with Crippen LogP contribution in [0.4, 0.5) is 17.6 Å². The molecule has 1 saturated heterocycles. The van der Waals surface area contributed by atoms with Crippen LogP contribution in [0.15, 0.2) is 0 Å². The summed E-state index contributed by atoms with van der Waals surface area (Å²) in [6, 6.07) is 0. The summed E-state index contributed by atoms with van der Waals surface area (Å²) in [4.78, 5) is 13.2. The molecule has 0 unspecified atom stereocenters. The first-order valence-electron chi connectivity index (χ1n) is 6.99. The van der Waals surface area contributed by atoms with Gasteiger partial charge in [0.2, 0.25) is 5.95 Å². The molecule has 4 N–H and O–H groups in total. The monoisotopic (exact) mass is 262 g/mol. The summed E-state index contributed by atoms with van der Waals surface area (Å²) >= 11 is 0. The molecule has 0 spiro atoms. The molecule has 0 aromatic carbocycles. The van der Waals surface area contributed by atoms with Crippen molar-refractivity contribution in [2.24, 2.45) is 5.92 Å². The van der Waals surface area contributed by atoms with Crippen LogP contribution in [0.3, 0.4) is 0 Å². The van der Waals surface area contributed by atoms with Crippen LogP contribution in [0.25, 0.3) is 0 Å². The fraction of sp³-hybridized carbons (Fsp3) is 0.692. The van der Waals surface area contributed by atoms with Gasteiger partial charge in [0.25, 0.3) is 0 Å². The zero-order chi connectivity index (χ0) is 13.4. The Morgan fingerprint density at radius 1 is 1.11 bits per heavy atom. The summed E-state index contributed by atoms with van der Waals surface area (Å²) in [5, 5.41) is 0. The lowest BCUT2D eigenvalue weighted by atomic mass is 10.1. The van der Waals surface area contributed by atoms with Crippen LogP contribution in [0.1, 0.15) is 18.4 Å². The molecule has 19 heavy (non-hydrogen) atoms. The maximum absolute atomic E-state index is 6.06. The van der Waals surface area contributed by atoms with Crippen LogP contribution in [-0.4, -0.2) is 48.1 Å². The minimum atomic E-state index is 0.283. The third-order valence-corrected chi connectivity index (χ3v) is 4.03. The van der Waals surface area contributed by atoms with E-state index in [1.165, 1.54) is 12.8 Å². The van der Waals surface area contributed by atoms with Crippen molar-refractivity contribution in [3.63, 3.8) is 0 Å². The average Bonchev–Trinajstić information content (AvgIpc) is 3.17.